The number of carbonyl (C=O) groups is 1. The van der Waals surface area contributed by atoms with Crippen LogP contribution in [0.1, 0.15) is 18.4 Å². The van der Waals surface area contributed by atoms with Gasteiger partial charge in [0.1, 0.15) is 11.5 Å². The molecule has 0 saturated carbocycles. The molecule has 0 saturated heterocycles. The molecule has 2 rings (SSSR count). The predicted octanol–water partition coefficient (Wildman–Crippen LogP) is 0.537. The summed E-state index contributed by atoms with van der Waals surface area (Å²) in [7, 11) is 0. The topological polar surface area (TPSA) is 46.3 Å². The van der Waals surface area contributed by atoms with E-state index in [1.807, 2.05) is 0 Å². The van der Waals surface area contributed by atoms with Crippen molar-refractivity contribution in [1.29, 1.82) is 0 Å². The highest BCUT2D eigenvalue weighted by Crippen LogP contribution is 2.20. The van der Waals surface area contributed by atoms with Crippen LogP contribution in [-0.2, 0) is 17.9 Å². The van der Waals surface area contributed by atoms with Gasteiger partial charge in [0.15, 0.2) is 6.39 Å². The molecule has 1 aromatic heterocycles. The van der Waals surface area contributed by atoms with Gasteiger partial charge in [-0.05, 0) is 0 Å². The third-order valence-corrected chi connectivity index (χ3v) is 1.85. The van der Waals surface area contributed by atoms with E-state index in [0.717, 1.165) is 11.5 Å². The number of rotatable bonds is 0. The second kappa shape index (κ2) is 2.08. The fourth-order valence-electron chi connectivity index (χ4n) is 1.18. The molecule has 0 unspecified atom stereocenters. The van der Waals surface area contributed by atoms with E-state index >= 15 is 0 Å². The van der Waals surface area contributed by atoms with E-state index in [1.165, 1.54) is 6.39 Å². The standard InChI is InChI=1S/C7H8N2O2/c1-5(10)9-2-6-7(3-9)11-4-8-6/h4H,2-3H2,1H3. The minimum atomic E-state index is 0.0678. The van der Waals surface area contributed by atoms with Crippen LogP contribution >= 0.6 is 0 Å². The van der Waals surface area contributed by atoms with Crippen molar-refractivity contribution in [2.45, 2.75) is 20.0 Å². The van der Waals surface area contributed by atoms with Gasteiger partial charge >= 0.3 is 0 Å². The summed E-state index contributed by atoms with van der Waals surface area (Å²) in [5.41, 5.74) is 0.889. The highest BCUT2D eigenvalue weighted by Gasteiger charge is 2.24. The summed E-state index contributed by atoms with van der Waals surface area (Å²) in [4.78, 5) is 16.5. The van der Waals surface area contributed by atoms with Crippen molar-refractivity contribution in [3.8, 4) is 0 Å². The van der Waals surface area contributed by atoms with Crippen LogP contribution in [0.15, 0.2) is 10.8 Å². The molecular formula is C7H8N2O2. The van der Waals surface area contributed by atoms with E-state index < -0.39 is 0 Å². The Bertz CT molecular complexity index is 272. The molecule has 1 aromatic rings. The average molecular weight is 152 g/mol. The molecule has 0 bridgehead atoms. The lowest BCUT2D eigenvalue weighted by atomic mass is 10.4. The molecule has 0 radical (unpaired) electrons. The molecule has 4 nitrogen and oxygen atoms in total. The Morgan fingerprint density at radius 1 is 1.73 bits per heavy atom. The summed E-state index contributed by atoms with van der Waals surface area (Å²) in [5.74, 6) is 0.887. The molecule has 1 aliphatic rings. The quantitative estimate of drug-likeness (QED) is 0.545. The first-order valence-electron chi connectivity index (χ1n) is 3.44. The van der Waals surface area contributed by atoms with Gasteiger partial charge in [0, 0.05) is 6.92 Å². The lowest BCUT2D eigenvalue weighted by Gasteiger charge is -2.10. The van der Waals surface area contributed by atoms with E-state index in [0.29, 0.717) is 13.1 Å². The Morgan fingerprint density at radius 2 is 2.55 bits per heavy atom. The highest BCUT2D eigenvalue weighted by atomic mass is 16.3. The number of hydrogen-bond acceptors (Lipinski definition) is 3. The van der Waals surface area contributed by atoms with E-state index in [-0.39, 0.29) is 5.91 Å². The van der Waals surface area contributed by atoms with Crippen LogP contribution in [0, 0.1) is 0 Å². The Kier molecular flexibility index (Phi) is 1.21. The summed E-state index contributed by atoms with van der Waals surface area (Å²) in [6, 6.07) is 0. The van der Waals surface area contributed by atoms with E-state index in [4.69, 9.17) is 4.42 Å². The molecule has 0 spiro atoms. The number of amides is 1. The molecule has 1 amide bonds. The van der Waals surface area contributed by atoms with Crippen LogP contribution in [-0.4, -0.2) is 15.8 Å². The average Bonchev–Trinajstić information content (AvgIpc) is 2.40. The summed E-state index contributed by atoms with van der Waals surface area (Å²) < 4.78 is 5.05. The van der Waals surface area contributed by atoms with Crippen molar-refractivity contribution in [3.05, 3.63) is 17.8 Å². The number of aromatic nitrogens is 1. The number of carbonyl (C=O) groups excluding carboxylic acids is 1. The van der Waals surface area contributed by atoms with Crippen LogP contribution in [0.4, 0.5) is 0 Å². The fraction of sp³-hybridized carbons (Fsp3) is 0.429. The Morgan fingerprint density at radius 3 is 3.18 bits per heavy atom. The SMILES string of the molecule is CC(=O)N1Cc2ncoc2C1. The summed E-state index contributed by atoms with van der Waals surface area (Å²) in [6.45, 7) is 2.72. The Hall–Kier alpha value is -1.32. The fourth-order valence-corrected chi connectivity index (χ4v) is 1.18. The minimum Gasteiger partial charge on any atom is -0.446 e. The molecule has 4 heteroatoms. The lowest BCUT2D eigenvalue weighted by molar-refractivity contribution is -0.129. The van der Waals surface area contributed by atoms with Gasteiger partial charge in [0.2, 0.25) is 5.91 Å². The highest BCUT2D eigenvalue weighted by molar-refractivity contribution is 5.73. The molecule has 11 heavy (non-hydrogen) atoms. The third-order valence-electron chi connectivity index (χ3n) is 1.85. The Balaban J connectivity index is 2.22. The van der Waals surface area contributed by atoms with E-state index in [9.17, 15) is 4.79 Å². The maximum Gasteiger partial charge on any atom is 0.220 e. The molecule has 0 atom stereocenters. The number of hydrogen-bond donors (Lipinski definition) is 0. The predicted molar refractivity (Wildman–Crippen MR) is 36.4 cm³/mol. The zero-order chi connectivity index (χ0) is 7.84. The first kappa shape index (κ1) is 6.39. The molecule has 0 N–H and O–H groups in total. The van der Waals surface area contributed by atoms with Crippen molar-refractivity contribution in [2.24, 2.45) is 0 Å². The maximum absolute atomic E-state index is 10.9. The van der Waals surface area contributed by atoms with Crippen LogP contribution in [0.2, 0.25) is 0 Å². The van der Waals surface area contributed by atoms with Crippen molar-refractivity contribution in [3.63, 3.8) is 0 Å². The van der Waals surface area contributed by atoms with Crippen LogP contribution in [0.3, 0.4) is 0 Å². The van der Waals surface area contributed by atoms with Gasteiger partial charge in [-0.25, -0.2) is 4.98 Å². The lowest BCUT2D eigenvalue weighted by Crippen LogP contribution is -2.22. The van der Waals surface area contributed by atoms with E-state index in [2.05, 4.69) is 4.98 Å². The third kappa shape index (κ3) is 0.906. The monoisotopic (exact) mass is 152 g/mol. The summed E-state index contributed by atoms with van der Waals surface area (Å²) in [5, 5.41) is 0. The first-order chi connectivity index (χ1) is 5.27. The van der Waals surface area contributed by atoms with Crippen molar-refractivity contribution >= 4 is 5.91 Å². The van der Waals surface area contributed by atoms with Crippen molar-refractivity contribution < 1.29 is 9.21 Å². The molecule has 0 aliphatic carbocycles. The summed E-state index contributed by atoms with van der Waals surface area (Å²) in [6.07, 6.45) is 1.42. The van der Waals surface area contributed by atoms with Crippen molar-refractivity contribution in [1.82, 2.24) is 9.88 Å². The van der Waals surface area contributed by atoms with Gasteiger partial charge in [0.05, 0.1) is 13.1 Å². The van der Waals surface area contributed by atoms with E-state index in [1.54, 1.807) is 11.8 Å². The van der Waals surface area contributed by atoms with Gasteiger partial charge in [-0.3, -0.25) is 4.79 Å². The van der Waals surface area contributed by atoms with Crippen LogP contribution in [0.5, 0.6) is 0 Å². The Labute approximate surface area is 63.8 Å². The van der Waals surface area contributed by atoms with Gasteiger partial charge in [-0.2, -0.15) is 0 Å². The van der Waals surface area contributed by atoms with Gasteiger partial charge in [0.25, 0.3) is 0 Å². The number of oxazole rings is 1. The molecule has 0 fully saturated rings. The number of nitrogens with zero attached hydrogens (tertiary/aromatic N) is 2. The van der Waals surface area contributed by atoms with Gasteiger partial charge in [-0.1, -0.05) is 0 Å². The normalized spacial score (nSPS) is 15.2. The van der Waals surface area contributed by atoms with Gasteiger partial charge < -0.3 is 9.32 Å². The van der Waals surface area contributed by atoms with Crippen molar-refractivity contribution in [2.75, 3.05) is 0 Å². The van der Waals surface area contributed by atoms with Crippen LogP contribution < -0.4 is 0 Å². The minimum absolute atomic E-state index is 0.0678. The largest absolute Gasteiger partial charge is 0.446 e. The zero-order valence-corrected chi connectivity index (χ0v) is 6.20. The van der Waals surface area contributed by atoms with Crippen LogP contribution in [0.25, 0.3) is 0 Å². The van der Waals surface area contributed by atoms with Gasteiger partial charge in [-0.15, -0.1) is 0 Å². The first-order valence-corrected chi connectivity index (χ1v) is 3.44. The summed E-state index contributed by atoms with van der Waals surface area (Å²) >= 11 is 0. The maximum atomic E-state index is 10.9. The second-order valence-electron chi connectivity index (χ2n) is 2.60. The zero-order valence-electron chi connectivity index (χ0n) is 6.20. The molecule has 58 valence electrons. The second-order valence-corrected chi connectivity index (χ2v) is 2.60. The molecular weight excluding hydrogens is 144 g/mol. The smallest absolute Gasteiger partial charge is 0.220 e. The number of fused-ring (bicyclic) bond motifs is 1. The molecule has 1 aliphatic heterocycles. The molecule has 0 aromatic carbocycles. The molecule has 2 heterocycles.